The summed E-state index contributed by atoms with van der Waals surface area (Å²) >= 11 is 0. The molecular formula is C19H20FNO5. The molecule has 0 saturated heterocycles. The quantitative estimate of drug-likeness (QED) is 0.751. The first-order valence-electron chi connectivity index (χ1n) is 8.21. The van der Waals surface area contributed by atoms with E-state index >= 15 is 0 Å². The van der Waals surface area contributed by atoms with E-state index in [9.17, 15) is 19.4 Å². The molecule has 0 spiro atoms. The molecule has 7 heteroatoms. The van der Waals surface area contributed by atoms with Gasteiger partial charge in [-0.05, 0) is 30.3 Å². The average molecular weight is 361 g/mol. The van der Waals surface area contributed by atoms with Crippen LogP contribution in [0.2, 0.25) is 0 Å². The second kappa shape index (κ2) is 7.72. The number of carbonyl (C=O) groups excluding carboxylic acids is 1. The lowest BCUT2D eigenvalue weighted by Crippen LogP contribution is -2.43. The molecule has 3 N–H and O–H groups in total. The number of amides is 1. The summed E-state index contributed by atoms with van der Waals surface area (Å²) in [6.07, 6.45) is -2.96. The average Bonchev–Trinajstić information content (AvgIpc) is 2.89. The van der Waals surface area contributed by atoms with E-state index in [0.29, 0.717) is 11.3 Å². The third-order valence-corrected chi connectivity index (χ3v) is 4.36. The second-order valence-corrected chi connectivity index (χ2v) is 6.14. The highest BCUT2D eigenvalue weighted by Gasteiger charge is 2.43. The van der Waals surface area contributed by atoms with Crippen molar-refractivity contribution in [3.05, 3.63) is 59.9 Å². The summed E-state index contributed by atoms with van der Waals surface area (Å²) in [5.41, 5.74) is 0.375. The highest BCUT2D eigenvalue weighted by Crippen LogP contribution is 2.26. The fraction of sp³-hybridized carbons (Fsp3) is 0.316. The molecule has 0 bridgehead atoms. The first-order valence-corrected chi connectivity index (χ1v) is 8.21. The fourth-order valence-electron chi connectivity index (χ4n) is 2.98. The number of methoxy groups -OCH3 is 1. The number of nitrogens with one attached hydrogen (secondary N) is 1. The minimum absolute atomic E-state index is 0.189. The number of aliphatic hydroxyl groups is 2. The van der Waals surface area contributed by atoms with Gasteiger partial charge in [0.2, 0.25) is 0 Å². The Morgan fingerprint density at radius 1 is 1.12 bits per heavy atom. The van der Waals surface area contributed by atoms with Gasteiger partial charge < -0.3 is 25.0 Å². The zero-order valence-electron chi connectivity index (χ0n) is 14.1. The van der Waals surface area contributed by atoms with Crippen LogP contribution in [-0.4, -0.2) is 47.6 Å². The minimum atomic E-state index is -1.20. The van der Waals surface area contributed by atoms with Gasteiger partial charge in [-0.15, -0.1) is 0 Å². The van der Waals surface area contributed by atoms with Gasteiger partial charge in [0, 0.05) is 18.1 Å². The summed E-state index contributed by atoms with van der Waals surface area (Å²) in [6.45, 7) is 0. The van der Waals surface area contributed by atoms with Gasteiger partial charge in [0.05, 0.1) is 13.2 Å². The largest absolute Gasteiger partial charge is 0.497 e. The molecule has 26 heavy (non-hydrogen) atoms. The molecule has 0 aliphatic heterocycles. The molecule has 0 aromatic heterocycles. The Morgan fingerprint density at radius 2 is 1.85 bits per heavy atom. The van der Waals surface area contributed by atoms with E-state index in [1.54, 1.807) is 30.3 Å². The Balaban J connectivity index is 1.66. The molecule has 2 aromatic rings. The number of aliphatic hydroxyl groups excluding tert-OH is 2. The lowest BCUT2D eigenvalue weighted by Gasteiger charge is -2.18. The zero-order valence-corrected chi connectivity index (χ0v) is 14.1. The van der Waals surface area contributed by atoms with E-state index in [-0.39, 0.29) is 12.2 Å². The normalized spacial score (nSPS) is 24.9. The molecule has 138 valence electrons. The van der Waals surface area contributed by atoms with Crippen LogP contribution in [0.4, 0.5) is 4.39 Å². The highest BCUT2D eigenvalue weighted by molar-refractivity contribution is 5.94. The van der Waals surface area contributed by atoms with Gasteiger partial charge in [-0.25, -0.2) is 4.39 Å². The molecule has 4 atom stereocenters. The molecule has 1 aliphatic rings. The van der Waals surface area contributed by atoms with E-state index in [1.807, 2.05) is 0 Å². The van der Waals surface area contributed by atoms with Crippen LogP contribution < -0.4 is 14.8 Å². The molecule has 0 unspecified atom stereocenters. The molecule has 3 rings (SSSR count). The smallest absolute Gasteiger partial charge is 0.251 e. The van der Waals surface area contributed by atoms with Crippen LogP contribution in [0.15, 0.2) is 48.5 Å². The maximum atomic E-state index is 13.3. The van der Waals surface area contributed by atoms with Gasteiger partial charge in [0.1, 0.15) is 35.6 Å². The Morgan fingerprint density at radius 3 is 2.58 bits per heavy atom. The van der Waals surface area contributed by atoms with Gasteiger partial charge in [-0.3, -0.25) is 4.79 Å². The van der Waals surface area contributed by atoms with Crippen LogP contribution in [0, 0.1) is 5.82 Å². The maximum absolute atomic E-state index is 13.3. The van der Waals surface area contributed by atoms with Gasteiger partial charge in [0.25, 0.3) is 5.91 Å². The monoisotopic (exact) mass is 361 g/mol. The molecule has 0 radical (unpaired) electrons. The number of ether oxygens (including phenoxy) is 2. The molecule has 1 aliphatic carbocycles. The van der Waals surface area contributed by atoms with Gasteiger partial charge in [-0.2, -0.15) is 0 Å². The number of halogens is 1. The summed E-state index contributed by atoms with van der Waals surface area (Å²) in [7, 11) is 1.50. The van der Waals surface area contributed by atoms with E-state index in [2.05, 4.69) is 5.32 Å². The Bertz CT molecular complexity index is 784. The van der Waals surface area contributed by atoms with Gasteiger partial charge in [-0.1, -0.05) is 12.1 Å². The second-order valence-electron chi connectivity index (χ2n) is 6.14. The summed E-state index contributed by atoms with van der Waals surface area (Å²) < 4.78 is 23.9. The van der Waals surface area contributed by atoms with Crippen LogP contribution in [0.25, 0.3) is 0 Å². The third-order valence-electron chi connectivity index (χ3n) is 4.36. The topological polar surface area (TPSA) is 88.0 Å². The van der Waals surface area contributed by atoms with E-state index in [4.69, 9.17) is 9.47 Å². The molecular weight excluding hydrogens is 341 g/mol. The number of hydrogen-bond acceptors (Lipinski definition) is 5. The van der Waals surface area contributed by atoms with Crippen LogP contribution in [0.1, 0.15) is 16.8 Å². The van der Waals surface area contributed by atoms with Gasteiger partial charge in [0.15, 0.2) is 0 Å². The van der Waals surface area contributed by atoms with Crippen molar-refractivity contribution in [2.24, 2.45) is 0 Å². The number of benzene rings is 2. The maximum Gasteiger partial charge on any atom is 0.251 e. The van der Waals surface area contributed by atoms with Crippen molar-refractivity contribution in [3.63, 3.8) is 0 Å². The molecule has 1 amide bonds. The Hall–Kier alpha value is -2.64. The van der Waals surface area contributed by atoms with Crippen molar-refractivity contribution in [3.8, 4) is 11.5 Å². The Labute approximate surface area is 150 Å². The van der Waals surface area contributed by atoms with Crippen LogP contribution in [0.3, 0.4) is 0 Å². The lowest BCUT2D eigenvalue weighted by molar-refractivity contribution is -0.0135. The number of hydrogen-bond donors (Lipinski definition) is 3. The molecule has 1 saturated carbocycles. The van der Waals surface area contributed by atoms with Crippen LogP contribution in [-0.2, 0) is 0 Å². The SMILES string of the molecule is COc1cccc(C(=O)N[C@@H]2C[C@@H](Oc3cccc(F)c3)[C@H](O)[C@H]2O)c1. The van der Waals surface area contributed by atoms with Crippen LogP contribution >= 0.6 is 0 Å². The number of rotatable bonds is 5. The number of carbonyl (C=O) groups is 1. The van der Waals surface area contributed by atoms with Crippen molar-refractivity contribution in [2.75, 3.05) is 7.11 Å². The van der Waals surface area contributed by atoms with Crippen molar-refractivity contribution in [2.45, 2.75) is 30.8 Å². The van der Waals surface area contributed by atoms with Crippen molar-refractivity contribution in [1.82, 2.24) is 5.32 Å². The van der Waals surface area contributed by atoms with Crippen molar-refractivity contribution >= 4 is 5.91 Å². The first-order chi connectivity index (χ1) is 12.5. The molecule has 6 nitrogen and oxygen atoms in total. The molecule has 0 heterocycles. The van der Waals surface area contributed by atoms with E-state index in [0.717, 1.165) is 0 Å². The summed E-state index contributed by atoms with van der Waals surface area (Å²) in [5.74, 6) is -0.0667. The van der Waals surface area contributed by atoms with Crippen molar-refractivity contribution in [1.29, 1.82) is 0 Å². The zero-order chi connectivity index (χ0) is 18.7. The van der Waals surface area contributed by atoms with E-state index < -0.39 is 36.1 Å². The summed E-state index contributed by atoms with van der Waals surface area (Å²) in [6, 6.07) is 11.4. The predicted molar refractivity (Wildman–Crippen MR) is 91.7 cm³/mol. The Kier molecular flexibility index (Phi) is 5.39. The van der Waals surface area contributed by atoms with E-state index in [1.165, 1.54) is 25.3 Å². The third kappa shape index (κ3) is 3.95. The first kappa shape index (κ1) is 18.2. The summed E-state index contributed by atoms with van der Waals surface area (Å²) in [4.78, 5) is 12.4. The molecule has 2 aromatic carbocycles. The lowest BCUT2D eigenvalue weighted by atomic mass is 10.1. The standard InChI is InChI=1S/C19H20FNO5/c1-25-13-6-2-4-11(8-13)19(24)21-15-10-16(18(23)17(15)22)26-14-7-3-5-12(20)9-14/h2-9,15-18,22-23H,10H2,1H3,(H,21,24)/t15-,16-,17+,18+/m1/s1. The molecule has 1 fully saturated rings. The predicted octanol–water partition coefficient (Wildman–Crippen LogP) is 1.51. The van der Waals surface area contributed by atoms with Crippen LogP contribution in [0.5, 0.6) is 11.5 Å². The van der Waals surface area contributed by atoms with Gasteiger partial charge >= 0.3 is 0 Å². The van der Waals surface area contributed by atoms with Crippen molar-refractivity contribution < 1.29 is 28.9 Å². The summed E-state index contributed by atoms with van der Waals surface area (Å²) in [5, 5.41) is 23.1. The fourth-order valence-corrected chi connectivity index (χ4v) is 2.98. The minimum Gasteiger partial charge on any atom is -0.497 e. The highest BCUT2D eigenvalue weighted by atomic mass is 19.1.